The van der Waals surface area contributed by atoms with Crippen molar-refractivity contribution in [2.45, 2.75) is 13.3 Å². The molecule has 0 radical (unpaired) electrons. The number of imide groups is 1. The van der Waals surface area contributed by atoms with Gasteiger partial charge in [0.1, 0.15) is 18.0 Å². The number of nitrogens with zero attached hydrogens (tertiary/aromatic N) is 1. The Hall–Kier alpha value is -2.78. The largest absolute Gasteiger partial charge is 0.495 e. The molecule has 0 spiro atoms. The van der Waals surface area contributed by atoms with Gasteiger partial charge < -0.3 is 14.8 Å². The number of rotatable bonds is 8. The number of hydrogen-bond acceptors (Lipinski definition) is 6. The highest BCUT2D eigenvalue weighted by Crippen LogP contribution is 2.35. The van der Waals surface area contributed by atoms with Crippen LogP contribution in [-0.4, -0.2) is 42.2 Å². The summed E-state index contributed by atoms with van der Waals surface area (Å²) in [6.45, 7) is 2.14. The lowest BCUT2D eigenvalue weighted by Crippen LogP contribution is -2.36. The average molecular weight is 505 g/mol. The van der Waals surface area contributed by atoms with Crippen LogP contribution in [0.25, 0.3) is 6.08 Å². The molecule has 1 aliphatic rings. The second-order valence-corrected chi connectivity index (χ2v) is 8.46. The minimum Gasteiger partial charge on any atom is -0.495 e. The van der Waals surface area contributed by atoms with Crippen LogP contribution in [0.3, 0.4) is 0 Å². The Bertz CT molecular complexity index is 1040. The van der Waals surface area contributed by atoms with E-state index in [1.165, 1.54) is 7.11 Å². The molecule has 9 heteroatoms. The third-order valence-electron chi connectivity index (χ3n) is 4.28. The van der Waals surface area contributed by atoms with Gasteiger partial charge in [-0.3, -0.25) is 19.3 Å². The summed E-state index contributed by atoms with van der Waals surface area (Å²) < 4.78 is 11.7. The lowest BCUT2D eigenvalue weighted by molar-refractivity contribution is -0.127. The molecule has 1 saturated heterocycles. The van der Waals surface area contributed by atoms with E-state index in [0.717, 1.165) is 27.6 Å². The van der Waals surface area contributed by atoms with E-state index < -0.39 is 23.6 Å². The van der Waals surface area contributed by atoms with Crippen LogP contribution in [0.2, 0.25) is 0 Å². The molecule has 0 unspecified atom stereocenters. The van der Waals surface area contributed by atoms with Crippen LogP contribution in [0.4, 0.5) is 10.5 Å². The van der Waals surface area contributed by atoms with Crippen molar-refractivity contribution in [3.05, 3.63) is 57.4 Å². The monoisotopic (exact) mass is 504 g/mol. The number of ether oxygens (including phenoxy) is 2. The van der Waals surface area contributed by atoms with Crippen LogP contribution in [0.1, 0.15) is 18.9 Å². The Morgan fingerprint density at radius 1 is 1.19 bits per heavy atom. The molecule has 31 heavy (non-hydrogen) atoms. The topological polar surface area (TPSA) is 84.9 Å². The van der Waals surface area contributed by atoms with Crippen molar-refractivity contribution >= 4 is 56.5 Å². The minimum atomic E-state index is -0.522. The van der Waals surface area contributed by atoms with Crippen molar-refractivity contribution in [3.8, 4) is 11.5 Å². The predicted molar refractivity (Wildman–Crippen MR) is 124 cm³/mol. The molecule has 2 aromatic rings. The minimum absolute atomic E-state index is 0.231. The fraction of sp³-hybridized carbons (Fsp3) is 0.227. The van der Waals surface area contributed by atoms with Crippen molar-refractivity contribution < 1.29 is 23.9 Å². The molecule has 0 atom stereocenters. The zero-order valence-electron chi connectivity index (χ0n) is 17.0. The zero-order chi connectivity index (χ0) is 22.4. The Labute approximate surface area is 192 Å². The van der Waals surface area contributed by atoms with E-state index in [2.05, 4.69) is 21.2 Å². The smallest absolute Gasteiger partial charge is 0.294 e. The number of thioether (sulfide) groups is 1. The third kappa shape index (κ3) is 5.68. The van der Waals surface area contributed by atoms with E-state index in [0.29, 0.717) is 29.4 Å². The second kappa shape index (κ2) is 10.5. The van der Waals surface area contributed by atoms with Gasteiger partial charge in [-0.15, -0.1) is 0 Å². The van der Waals surface area contributed by atoms with E-state index in [1.807, 2.05) is 19.1 Å². The molecule has 0 saturated carbocycles. The lowest BCUT2D eigenvalue weighted by Gasteiger charge is -2.14. The molecular weight excluding hydrogens is 484 g/mol. The summed E-state index contributed by atoms with van der Waals surface area (Å²) in [5.74, 6) is 0.0824. The van der Waals surface area contributed by atoms with Gasteiger partial charge in [0.2, 0.25) is 5.91 Å². The van der Waals surface area contributed by atoms with E-state index in [4.69, 9.17) is 9.47 Å². The summed E-state index contributed by atoms with van der Waals surface area (Å²) in [6, 6.07) is 12.4. The molecule has 1 aliphatic heterocycles. The molecule has 2 aromatic carbocycles. The van der Waals surface area contributed by atoms with Crippen LogP contribution >= 0.6 is 27.7 Å². The Kier molecular flexibility index (Phi) is 7.75. The van der Waals surface area contributed by atoms with Crippen LogP contribution in [0, 0.1) is 0 Å². The lowest BCUT2D eigenvalue weighted by atomic mass is 10.2. The van der Waals surface area contributed by atoms with Gasteiger partial charge in [-0.05, 0) is 54.6 Å². The number of nitrogens with one attached hydrogen (secondary N) is 1. The Morgan fingerprint density at radius 3 is 2.71 bits per heavy atom. The molecular formula is C22H21BrN2O5S. The molecule has 3 rings (SSSR count). The van der Waals surface area contributed by atoms with Crippen molar-refractivity contribution in [1.82, 2.24) is 4.90 Å². The zero-order valence-corrected chi connectivity index (χ0v) is 19.4. The highest BCUT2D eigenvalue weighted by molar-refractivity contribution is 9.10. The Balaban J connectivity index is 1.75. The van der Waals surface area contributed by atoms with Crippen molar-refractivity contribution in [2.24, 2.45) is 0 Å². The highest BCUT2D eigenvalue weighted by Gasteiger charge is 2.36. The van der Waals surface area contributed by atoms with Crippen LogP contribution in [0.15, 0.2) is 51.8 Å². The molecule has 162 valence electrons. The standard InChI is InChI=1S/C22H21BrN2O5S/c1-3-10-30-17-9-8-15(23)11-14(17)12-19-21(27)25(22(28)31-19)13-20(26)24-16-6-4-5-7-18(16)29-2/h4-9,11-12H,3,10,13H2,1-2H3,(H,24,26)/b19-12+. The van der Waals surface area contributed by atoms with E-state index in [-0.39, 0.29) is 4.91 Å². The third-order valence-corrected chi connectivity index (χ3v) is 5.68. The highest BCUT2D eigenvalue weighted by atomic mass is 79.9. The van der Waals surface area contributed by atoms with Gasteiger partial charge >= 0.3 is 0 Å². The maximum atomic E-state index is 12.8. The molecule has 1 fully saturated rings. The van der Waals surface area contributed by atoms with E-state index in [9.17, 15) is 14.4 Å². The van der Waals surface area contributed by atoms with Gasteiger partial charge in [-0.2, -0.15) is 0 Å². The summed E-state index contributed by atoms with van der Waals surface area (Å²) in [5, 5.41) is 2.17. The predicted octanol–water partition coefficient (Wildman–Crippen LogP) is 4.92. The summed E-state index contributed by atoms with van der Waals surface area (Å²) in [4.78, 5) is 38.8. The number of carbonyl (C=O) groups is 3. The summed E-state index contributed by atoms with van der Waals surface area (Å²) in [6.07, 6.45) is 2.45. The molecule has 3 amide bonds. The number of anilines is 1. The van der Waals surface area contributed by atoms with Crippen molar-refractivity contribution in [3.63, 3.8) is 0 Å². The van der Waals surface area contributed by atoms with Gasteiger partial charge in [0.25, 0.3) is 11.1 Å². The molecule has 0 bridgehead atoms. The SMILES string of the molecule is CCCOc1ccc(Br)cc1/C=C1/SC(=O)N(CC(=O)Nc2ccccc2OC)C1=O. The first-order valence-corrected chi connectivity index (χ1v) is 11.1. The molecule has 1 N–H and O–H groups in total. The summed E-state index contributed by atoms with van der Waals surface area (Å²) >= 11 is 4.21. The summed E-state index contributed by atoms with van der Waals surface area (Å²) in [5.41, 5.74) is 1.14. The van der Waals surface area contributed by atoms with Gasteiger partial charge in [-0.25, -0.2) is 0 Å². The fourth-order valence-electron chi connectivity index (χ4n) is 2.83. The van der Waals surface area contributed by atoms with E-state index in [1.54, 1.807) is 36.4 Å². The maximum Gasteiger partial charge on any atom is 0.294 e. The second-order valence-electron chi connectivity index (χ2n) is 6.55. The molecule has 0 aliphatic carbocycles. The average Bonchev–Trinajstić information content (AvgIpc) is 3.01. The normalized spacial score (nSPS) is 14.8. The summed E-state index contributed by atoms with van der Waals surface area (Å²) in [7, 11) is 1.49. The number of methoxy groups -OCH3 is 1. The molecule has 0 aromatic heterocycles. The van der Waals surface area contributed by atoms with Gasteiger partial charge in [0.15, 0.2) is 0 Å². The first kappa shape index (κ1) is 22.9. The van der Waals surface area contributed by atoms with Crippen LogP contribution in [-0.2, 0) is 9.59 Å². The number of carbonyl (C=O) groups excluding carboxylic acids is 3. The first-order chi connectivity index (χ1) is 14.9. The number of halogens is 1. The number of amides is 3. The Morgan fingerprint density at radius 2 is 1.97 bits per heavy atom. The number of hydrogen-bond donors (Lipinski definition) is 1. The fourth-order valence-corrected chi connectivity index (χ4v) is 4.04. The number of para-hydroxylation sites is 2. The molecule has 7 nitrogen and oxygen atoms in total. The van der Waals surface area contributed by atoms with E-state index >= 15 is 0 Å². The van der Waals surface area contributed by atoms with Gasteiger partial charge in [0.05, 0.1) is 24.3 Å². The number of benzene rings is 2. The first-order valence-electron chi connectivity index (χ1n) is 9.53. The van der Waals surface area contributed by atoms with Crippen LogP contribution < -0.4 is 14.8 Å². The quantitative estimate of drug-likeness (QED) is 0.513. The maximum absolute atomic E-state index is 12.8. The van der Waals surface area contributed by atoms with Crippen molar-refractivity contribution in [1.29, 1.82) is 0 Å². The van der Waals surface area contributed by atoms with Crippen molar-refractivity contribution in [2.75, 3.05) is 25.6 Å². The van der Waals surface area contributed by atoms with Gasteiger partial charge in [-0.1, -0.05) is 35.0 Å². The van der Waals surface area contributed by atoms with Crippen LogP contribution in [0.5, 0.6) is 11.5 Å². The van der Waals surface area contributed by atoms with Gasteiger partial charge in [0, 0.05) is 10.0 Å². The molecule has 1 heterocycles.